The summed E-state index contributed by atoms with van der Waals surface area (Å²) in [6.07, 6.45) is 1.30. The standard InChI is InChI=1S/C19H17ClN6O2/c1-11(27)12-6-8-13(9-7-12)24-17-16(21)18(23-10-22-17)25-26-19(28)14-4-2-3-5-15(14)20/h2-10H,21H2,1H3,(H,26,28)(H2,22,23,24,25). The first-order valence-electron chi connectivity index (χ1n) is 8.25. The van der Waals surface area contributed by atoms with Gasteiger partial charge >= 0.3 is 0 Å². The van der Waals surface area contributed by atoms with E-state index >= 15 is 0 Å². The zero-order valence-corrected chi connectivity index (χ0v) is 15.6. The lowest BCUT2D eigenvalue weighted by atomic mass is 10.1. The van der Waals surface area contributed by atoms with E-state index in [4.69, 9.17) is 17.3 Å². The fourth-order valence-electron chi connectivity index (χ4n) is 2.35. The van der Waals surface area contributed by atoms with Crippen molar-refractivity contribution in [3.63, 3.8) is 0 Å². The molecule has 0 atom stereocenters. The normalized spacial score (nSPS) is 10.2. The van der Waals surface area contributed by atoms with E-state index < -0.39 is 5.91 Å². The summed E-state index contributed by atoms with van der Waals surface area (Å²) >= 11 is 6.01. The van der Waals surface area contributed by atoms with E-state index in [0.717, 1.165) is 0 Å². The molecule has 0 fully saturated rings. The van der Waals surface area contributed by atoms with Crippen molar-refractivity contribution >= 4 is 46.3 Å². The van der Waals surface area contributed by atoms with E-state index in [1.165, 1.54) is 13.3 Å². The lowest BCUT2D eigenvalue weighted by Crippen LogP contribution is -2.30. The number of ketones is 1. The highest BCUT2D eigenvalue weighted by molar-refractivity contribution is 6.33. The lowest BCUT2D eigenvalue weighted by molar-refractivity contribution is 0.0961. The van der Waals surface area contributed by atoms with Crippen LogP contribution in [0.4, 0.5) is 23.0 Å². The Morgan fingerprint density at radius 1 is 1.00 bits per heavy atom. The summed E-state index contributed by atoms with van der Waals surface area (Å²) in [5, 5.41) is 3.37. The van der Waals surface area contributed by atoms with Crippen LogP contribution in [0.2, 0.25) is 5.02 Å². The number of benzene rings is 2. The van der Waals surface area contributed by atoms with Crippen molar-refractivity contribution in [1.29, 1.82) is 0 Å². The van der Waals surface area contributed by atoms with Gasteiger partial charge < -0.3 is 11.1 Å². The Morgan fingerprint density at radius 3 is 2.36 bits per heavy atom. The molecule has 1 heterocycles. The zero-order valence-electron chi connectivity index (χ0n) is 14.9. The number of hydrogen-bond donors (Lipinski definition) is 4. The summed E-state index contributed by atoms with van der Waals surface area (Å²) in [6.45, 7) is 1.50. The number of nitrogens with one attached hydrogen (secondary N) is 3. The third-order valence-corrected chi connectivity index (χ3v) is 4.18. The van der Waals surface area contributed by atoms with E-state index in [2.05, 4.69) is 26.1 Å². The number of hydrazine groups is 1. The Balaban J connectivity index is 1.71. The topological polar surface area (TPSA) is 122 Å². The molecule has 5 N–H and O–H groups in total. The van der Waals surface area contributed by atoms with Gasteiger partial charge in [-0.15, -0.1) is 0 Å². The number of rotatable bonds is 6. The average molecular weight is 397 g/mol. The van der Waals surface area contributed by atoms with Crippen LogP contribution in [0.3, 0.4) is 0 Å². The number of anilines is 4. The molecular formula is C19H17ClN6O2. The molecule has 3 rings (SSSR count). The van der Waals surface area contributed by atoms with Crippen molar-refractivity contribution in [2.45, 2.75) is 6.92 Å². The van der Waals surface area contributed by atoms with Crippen LogP contribution in [0.15, 0.2) is 54.9 Å². The second-order valence-electron chi connectivity index (χ2n) is 5.80. The second-order valence-corrected chi connectivity index (χ2v) is 6.21. The van der Waals surface area contributed by atoms with Crippen LogP contribution < -0.4 is 21.9 Å². The van der Waals surface area contributed by atoms with Crippen molar-refractivity contribution in [2.75, 3.05) is 16.5 Å². The number of halogens is 1. The average Bonchev–Trinajstić information content (AvgIpc) is 2.69. The first kappa shape index (κ1) is 19.1. The maximum absolute atomic E-state index is 12.2. The summed E-state index contributed by atoms with van der Waals surface area (Å²) < 4.78 is 0. The molecule has 1 aromatic heterocycles. The summed E-state index contributed by atoms with van der Waals surface area (Å²) in [5.74, 6) is 0.116. The summed E-state index contributed by atoms with van der Waals surface area (Å²) in [7, 11) is 0. The zero-order chi connectivity index (χ0) is 20.1. The predicted molar refractivity (Wildman–Crippen MR) is 109 cm³/mol. The van der Waals surface area contributed by atoms with E-state index in [0.29, 0.717) is 27.7 Å². The number of Topliss-reactive ketones (excluding diaryl/α,β-unsaturated/α-hetero) is 1. The Kier molecular flexibility index (Phi) is 5.71. The number of carbonyl (C=O) groups is 2. The molecule has 0 spiro atoms. The molecule has 8 nitrogen and oxygen atoms in total. The summed E-state index contributed by atoms with van der Waals surface area (Å²) in [5.41, 5.74) is 13.1. The number of nitrogen functional groups attached to an aromatic ring is 1. The number of amides is 1. The Labute approximate surface area is 166 Å². The summed E-state index contributed by atoms with van der Waals surface area (Å²) in [6, 6.07) is 13.5. The van der Waals surface area contributed by atoms with E-state index in [-0.39, 0.29) is 17.3 Å². The number of hydrogen-bond acceptors (Lipinski definition) is 7. The van der Waals surface area contributed by atoms with Crippen LogP contribution >= 0.6 is 11.6 Å². The van der Waals surface area contributed by atoms with Crippen molar-refractivity contribution in [3.8, 4) is 0 Å². The van der Waals surface area contributed by atoms with Crippen molar-refractivity contribution < 1.29 is 9.59 Å². The molecule has 0 bridgehead atoms. The number of aromatic nitrogens is 2. The van der Waals surface area contributed by atoms with Gasteiger partial charge in [0.1, 0.15) is 12.0 Å². The fraction of sp³-hybridized carbons (Fsp3) is 0.0526. The van der Waals surface area contributed by atoms with Gasteiger partial charge in [0.25, 0.3) is 5.91 Å². The quantitative estimate of drug-likeness (QED) is 0.372. The highest BCUT2D eigenvalue weighted by atomic mass is 35.5. The Morgan fingerprint density at radius 2 is 1.68 bits per heavy atom. The van der Waals surface area contributed by atoms with Crippen LogP contribution in [0, 0.1) is 0 Å². The van der Waals surface area contributed by atoms with Gasteiger partial charge in [0.05, 0.1) is 10.6 Å². The van der Waals surface area contributed by atoms with Gasteiger partial charge in [0, 0.05) is 11.3 Å². The molecule has 0 saturated heterocycles. The fourth-order valence-corrected chi connectivity index (χ4v) is 2.57. The second kappa shape index (κ2) is 8.36. The van der Waals surface area contributed by atoms with E-state index in [1.54, 1.807) is 48.5 Å². The van der Waals surface area contributed by atoms with E-state index in [1.807, 2.05) is 0 Å². The van der Waals surface area contributed by atoms with Crippen molar-refractivity contribution in [1.82, 2.24) is 15.4 Å². The van der Waals surface area contributed by atoms with Crippen molar-refractivity contribution in [3.05, 3.63) is 71.0 Å². The summed E-state index contributed by atoms with van der Waals surface area (Å²) in [4.78, 5) is 31.7. The van der Waals surface area contributed by atoms with Crippen LogP contribution in [0.1, 0.15) is 27.6 Å². The largest absolute Gasteiger partial charge is 0.393 e. The minimum atomic E-state index is -0.432. The first-order valence-corrected chi connectivity index (χ1v) is 8.63. The molecule has 28 heavy (non-hydrogen) atoms. The molecule has 0 unspecified atom stereocenters. The highest BCUT2D eigenvalue weighted by Gasteiger charge is 2.12. The van der Waals surface area contributed by atoms with Crippen LogP contribution in [-0.4, -0.2) is 21.7 Å². The Hall–Kier alpha value is -3.65. The van der Waals surface area contributed by atoms with Gasteiger partial charge in [-0.2, -0.15) is 0 Å². The highest BCUT2D eigenvalue weighted by Crippen LogP contribution is 2.25. The van der Waals surface area contributed by atoms with Gasteiger partial charge in [0.2, 0.25) is 0 Å². The Bertz CT molecular complexity index is 1020. The third-order valence-electron chi connectivity index (χ3n) is 3.85. The van der Waals surface area contributed by atoms with Gasteiger partial charge in [-0.05, 0) is 43.3 Å². The molecule has 0 radical (unpaired) electrons. The molecule has 9 heteroatoms. The smallest absolute Gasteiger partial charge is 0.271 e. The molecule has 0 aliphatic carbocycles. The predicted octanol–water partition coefficient (Wildman–Crippen LogP) is 3.42. The molecule has 0 aliphatic heterocycles. The maximum Gasteiger partial charge on any atom is 0.271 e. The SMILES string of the molecule is CC(=O)c1ccc(Nc2ncnc(NNC(=O)c3ccccc3Cl)c2N)cc1. The van der Waals surface area contributed by atoms with Crippen LogP contribution in [0.5, 0.6) is 0 Å². The van der Waals surface area contributed by atoms with Gasteiger partial charge in [-0.3, -0.25) is 20.4 Å². The monoisotopic (exact) mass is 396 g/mol. The van der Waals surface area contributed by atoms with Crippen LogP contribution in [0.25, 0.3) is 0 Å². The molecule has 2 aromatic carbocycles. The van der Waals surface area contributed by atoms with Crippen LogP contribution in [-0.2, 0) is 0 Å². The minimum Gasteiger partial charge on any atom is -0.393 e. The van der Waals surface area contributed by atoms with E-state index in [9.17, 15) is 9.59 Å². The molecule has 142 valence electrons. The molecule has 0 aliphatic rings. The number of nitrogens with zero attached hydrogens (tertiary/aromatic N) is 2. The molecule has 1 amide bonds. The number of nitrogens with two attached hydrogens (primary N) is 1. The first-order chi connectivity index (χ1) is 13.5. The maximum atomic E-state index is 12.2. The van der Waals surface area contributed by atoms with Crippen molar-refractivity contribution in [2.24, 2.45) is 0 Å². The minimum absolute atomic E-state index is 0.0196. The van der Waals surface area contributed by atoms with Gasteiger partial charge in [-0.1, -0.05) is 23.7 Å². The van der Waals surface area contributed by atoms with Gasteiger partial charge in [-0.25, -0.2) is 9.97 Å². The van der Waals surface area contributed by atoms with Gasteiger partial charge in [0.15, 0.2) is 17.4 Å². The molecule has 0 saturated carbocycles. The third kappa shape index (κ3) is 4.36. The number of carbonyl (C=O) groups excluding carboxylic acids is 2. The molecule has 3 aromatic rings. The lowest BCUT2D eigenvalue weighted by Gasteiger charge is -2.13. The molecular weight excluding hydrogens is 380 g/mol.